The van der Waals surface area contributed by atoms with Gasteiger partial charge in [0.15, 0.2) is 0 Å². The topological polar surface area (TPSA) is 93.2 Å². The van der Waals surface area contributed by atoms with Gasteiger partial charge in [-0.1, -0.05) is 92.9 Å². The second-order valence-corrected chi connectivity index (χ2v) is 11.0. The van der Waals surface area contributed by atoms with Crippen LogP contribution in [-0.4, -0.2) is 59.1 Å². The molecule has 0 aromatic heterocycles. The van der Waals surface area contributed by atoms with Crippen molar-refractivity contribution in [3.8, 4) is 0 Å². The van der Waals surface area contributed by atoms with Crippen molar-refractivity contribution in [2.24, 2.45) is 11.8 Å². The number of ether oxygens (including phenoxy) is 2. The molecule has 4 amide bonds. The van der Waals surface area contributed by atoms with Crippen LogP contribution in [0.15, 0.2) is 73.3 Å². The third-order valence-electron chi connectivity index (χ3n) is 7.94. The van der Waals surface area contributed by atoms with Crippen molar-refractivity contribution in [3.63, 3.8) is 0 Å². The highest BCUT2D eigenvalue weighted by Crippen LogP contribution is 2.26. The van der Waals surface area contributed by atoms with Crippen LogP contribution in [0.2, 0.25) is 0 Å². The highest BCUT2D eigenvalue weighted by atomic mass is 16.6. The van der Waals surface area contributed by atoms with Gasteiger partial charge in [0.2, 0.25) is 11.8 Å². The summed E-state index contributed by atoms with van der Waals surface area (Å²) in [5, 5.41) is 0. The van der Waals surface area contributed by atoms with E-state index in [2.05, 4.69) is 6.58 Å². The molecule has 2 aromatic carbocycles. The summed E-state index contributed by atoms with van der Waals surface area (Å²) in [6.07, 6.45) is 5.83. The summed E-state index contributed by atoms with van der Waals surface area (Å²) < 4.78 is 10.5. The molecule has 4 atom stereocenters. The molecule has 4 rings (SSSR count). The predicted molar refractivity (Wildman–Crippen MR) is 155 cm³/mol. The fourth-order valence-electron chi connectivity index (χ4n) is 5.65. The molecule has 0 saturated carbocycles. The van der Waals surface area contributed by atoms with Crippen LogP contribution in [0.1, 0.15) is 56.6 Å². The lowest BCUT2D eigenvalue weighted by Crippen LogP contribution is -2.43. The van der Waals surface area contributed by atoms with Crippen LogP contribution < -0.4 is 0 Å². The first-order valence-corrected chi connectivity index (χ1v) is 14.6. The average molecular weight is 561 g/mol. The van der Waals surface area contributed by atoms with Crippen molar-refractivity contribution in [2.45, 2.75) is 70.4 Å². The van der Waals surface area contributed by atoms with Gasteiger partial charge in [-0.05, 0) is 43.2 Å². The maximum absolute atomic E-state index is 13.4. The molecule has 0 bridgehead atoms. The van der Waals surface area contributed by atoms with Crippen LogP contribution in [0.25, 0.3) is 0 Å². The van der Waals surface area contributed by atoms with E-state index in [-0.39, 0.29) is 48.9 Å². The molecule has 218 valence electrons. The predicted octanol–water partition coefficient (Wildman–Crippen LogP) is 5.95. The number of unbranched alkanes of at least 4 members (excludes halogenated alkanes) is 2. The van der Waals surface area contributed by atoms with E-state index in [1.54, 1.807) is 6.08 Å². The van der Waals surface area contributed by atoms with Crippen molar-refractivity contribution < 1.29 is 28.7 Å². The Morgan fingerprint density at radius 2 is 1.29 bits per heavy atom. The number of hydrogen-bond acceptors (Lipinski definition) is 6. The minimum atomic E-state index is -0.580. The van der Waals surface area contributed by atoms with Gasteiger partial charge in [-0.2, -0.15) is 0 Å². The summed E-state index contributed by atoms with van der Waals surface area (Å²) in [5.41, 5.74) is 2.10. The van der Waals surface area contributed by atoms with Crippen molar-refractivity contribution in [2.75, 3.05) is 13.2 Å². The van der Waals surface area contributed by atoms with Crippen LogP contribution in [0, 0.1) is 11.8 Å². The van der Waals surface area contributed by atoms with Crippen molar-refractivity contribution in [1.29, 1.82) is 0 Å². The Morgan fingerprint density at radius 1 is 0.805 bits per heavy atom. The smallest absolute Gasteiger partial charge is 0.416 e. The van der Waals surface area contributed by atoms with E-state index >= 15 is 0 Å². The number of hydrogen-bond donors (Lipinski definition) is 0. The van der Waals surface area contributed by atoms with Crippen LogP contribution in [-0.2, 0) is 31.9 Å². The molecule has 0 N–H and O–H groups in total. The Labute approximate surface area is 242 Å². The van der Waals surface area contributed by atoms with Crippen LogP contribution in [0.3, 0.4) is 0 Å². The molecule has 2 heterocycles. The number of benzene rings is 2. The Hall–Kier alpha value is -3.94. The lowest BCUT2D eigenvalue weighted by molar-refractivity contribution is -0.134. The molecule has 2 saturated heterocycles. The highest BCUT2D eigenvalue weighted by Gasteiger charge is 2.41. The minimum absolute atomic E-state index is 0.197. The molecule has 0 radical (unpaired) electrons. The summed E-state index contributed by atoms with van der Waals surface area (Å²) >= 11 is 0. The molecule has 0 spiro atoms. The number of nitrogens with zero attached hydrogens (tertiary/aromatic N) is 2. The van der Waals surface area contributed by atoms with Gasteiger partial charge in [-0.3, -0.25) is 9.59 Å². The van der Waals surface area contributed by atoms with Crippen LogP contribution in [0.4, 0.5) is 9.59 Å². The standard InChI is InChI=1S/C33H40N2O6/c1-3-13-27(31(37)35-29(23-41-33(35)39)21-26-17-10-6-11-18-26)19-12-4-7-14-24(2)30(36)34-28(22-40-32(34)38)20-25-15-8-5-9-16-25/h3,5-6,8-11,15-18,24,27-29H,1,4,7,12-14,19-23H2,2H3/t24-,27+,28-,29-/m0/s1. The molecule has 0 aliphatic carbocycles. The minimum Gasteiger partial charge on any atom is -0.447 e. The first-order chi connectivity index (χ1) is 19.9. The summed E-state index contributed by atoms with van der Waals surface area (Å²) in [7, 11) is 0. The largest absolute Gasteiger partial charge is 0.447 e. The van der Waals surface area contributed by atoms with Gasteiger partial charge in [-0.15, -0.1) is 6.58 Å². The number of amides is 4. The zero-order valence-electron chi connectivity index (χ0n) is 23.8. The molecule has 2 aliphatic rings. The molecule has 2 aliphatic heterocycles. The second-order valence-electron chi connectivity index (χ2n) is 11.0. The Bertz CT molecular complexity index is 1200. The fourth-order valence-corrected chi connectivity index (χ4v) is 5.65. The Morgan fingerprint density at radius 3 is 1.80 bits per heavy atom. The Kier molecular flexibility index (Phi) is 10.7. The molecule has 2 aromatic rings. The van der Waals surface area contributed by atoms with E-state index in [9.17, 15) is 19.2 Å². The number of carbonyl (C=O) groups excluding carboxylic acids is 4. The summed E-state index contributed by atoms with van der Waals surface area (Å²) in [5.74, 6) is -1.09. The molecule has 2 fully saturated rings. The summed E-state index contributed by atoms with van der Waals surface area (Å²) in [6.45, 7) is 6.07. The van der Waals surface area contributed by atoms with E-state index in [1.807, 2.05) is 67.6 Å². The van der Waals surface area contributed by atoms with Crippen molar-refractivity contribution >= 4 is 24.0 Å². The van der Waals surface area contributed by atoms with Gasteiger partial charge in [0.25, 0.3) is 0 Å². The second kappa shape index (κ2) is 14.6. The number of allylic oxidation sites excluding steroid dienone is 1. The van der Waals surface area contributed by atoms with E-state index in [0.29, 0.717) is 32.1 Å². The molecule has 41 heavy (non-hydrogen) atoms. The number of imide groups is 2. The van der Waals surface area contributed by atoms with Gasteiger partial charge >= 0.3 is 12.2 Å². The quantitative estimate of drug-likeness (QED) is 0.210. The zero-order valence-corrected chi connectivity index (χ0v) is 23.8. The first kappa shape index (κ1) is 30.0. The molecule has 8 nitrogen and oxygen atoms in total. The van der Waals surface area contributed by atoms with E-state index in [4.69, 9.17) is 9.47 Å². The van der Waals surface area contributed by atoms with Gasteiger partial charge < -0.3 is 9.47 Å². The summed E-state index contributed by atoms with van der Waals surface area (Å²) in [4.78, 5) is 54.0. The third-order valence-corrected chi connectivity index (χ3v) is 7.94. The lowest BCUT2D eigenvalue weighted by Gasteiger charge is -2.25. The lowest BCUT2D eigenvalue weighted by atomic mass is 9.93. The fraction of sp³-hybridized carbons (Fsp3) is 0.455. The third kappa shape index (κ3) is 7.84. The normalized spacial score (nSPS) is 19.9. The Balaban J connectivity index is 1.24. The zero-order chi connectivity index (χ0) is 29.2. The SMILES string of the molecule is C=CC[C@H](CCCCC[C@H](C)C(=O)N1C(=O)OC[C@@H]1Cc1ccccc1)C(=O)N1C(=O)OC[C@@H]1Cc1ccccc1. The average Bonchev–Trinajstić information content (AvgIpc) is 3.53. The number of rotatable bonds is 14. The van der Waals surface area contributed by atoms with Crippen molar-refractivity contribution in [1.82, 2.24) is 9.80 Å². The van der Waals surface area contributed by atoms with Gasteiger partial charge in [0.1, 0.15) is 13.2 Å². The van der Waals surface area contributed by atoms with Gasteiger partial charge in [0.05, 0.1) is 12.1 Å². The summed E-state index contributed by atoms with van der Waals surface area (Å²) in [6, 6.07) is 18.9. The maximum Gasteiger partial charge on any atom is 0.416 e. The molecule has 8 heteroatoms. The van der Waals surface area contributed by atoms with E-state index < -0.39 is 12.2 Å². The first-order valence-electron chi connectivity index (χ1n) is 14.6. The monoisotopic (exact) mass is 560 g/mol. The van der Waals surface area contributed by atoms with E-state index in [0.717, 1.165) is 30.4 Å². The maximum atomic E-state index is 13.4. The van der Waals surface area contributed by atoms with Crippen LogP contribution >= 0.6 is 0 Å². The number of carbonyl (C=O) groups is 4. The van der Waals surface area contributed by atoms with Crippen molar-refractivity contribution in [3.05, 3.63) is 84.4 Å². The molecule has 0 unspecified atom stereocenters. The van der Waals surface area contributed by atoms with Gasteiger partial charge in [0, 0.05) is 11.8 Å². The molecular formula is C33H40N2O6. The van der Waals surface area contributed by atoms with E-state index in [1.165, 1.54) is 9.80 Å². The number of cyclic esters (lactones) is 2. The highest BCUT2D eigenvalue weighted by molar-refractivity contribution is 5.95. The van der Waals surface area contributed by atoms with Crippen LogP contribution in [0.5, 0.6) is 0 Å². The molecular weight excluding hydrogens is 520 g/mol. The van der Waals surface area contributed by atoms with Gasteiger partial charge in [-0.25, -0.2) is 19.4 Å².